The monoisotopic (exact) mass is 450 g/mol. The highest BCUT2D eigenvalue weighted by Gasteiger charge is 2.58. The zero-order chi connectivity index (χ0) is 22.3. The maximum Gasteiger partial charge on any atom is 0.225 e. The predicted molar refractivity (Wildman–Crippen MR) is 128 cm³/mol. The first-order valence-electron chi connectivity index (χ1n) is 12.2. The van der Waals surface area contributed by atoms with Gasteiger partial charge in [-0.3, -0.25) is 15.4 Å². The van der Waals surface area contributed by atoms with Gasteiger partial charge in [0.25, 0.3) is 0 Å². The number of carbonyl (C=O) groups is 1. The number of thioether (sulfide) groups is 1. The molecule has 0 bridgehead atoms. The number of nitrogens with zero attached hydrogens (tertiary/aromatic N) is 2. The Morgan fingerprint density at radius 2 is 2.10 bits per heavy atom. The first-order chi connectivity index (χ1) is 14.7. The van der Waals surface area contributed by atoms with Gasteiger partial charge in [-0.2, -0.15) is 0 Å². The fourth-order valence-corrected chi connectivity index (χ4v) is 8.72. The third kappa shape index (κ3) is 4.45. The van der Waals surface area contributed by atoms with Crippen LogP contribution in [0.2, 0.25) is 0 Å². The minimum Gasteiger partial charge on any atom is -0.392 e. The van der Waals surface area contributed by atoms with Crippen molar-refractivity contribution < 1.29 is 9.90 Å². The van der Waals surface area contributed by atoms with Crippen molar-refractivity contribution in [3.05, 3.63) is 12.7 Å². The van der Waals surface area contributed by atoms with Gasteiger partial charge in [0, 0.05) is 49.9 Å². The Bertz CT molecular complexity index is 670. The lowest BCUT2D eigenvalue weighted by Crippen LogP contribution is -2.60. The highest BCUT2D eigenvalue weighted by atomic mass is 32.2. The van der Waals surface area contributed by atoms with Crippen LogP contribution in [-0.2, 0) is 4.79 Å². The third-order valence-corrected chi connectivity index (χ3v) is 10.2. The van der Waals surface area contributed by atoms with Crippen molar-refractivity contribution in [2.75, 3.05) is 39.8 Å². The molecule has 4 fully saturated rings. The Morgan fingerprint density at radius 1 is 1.39 bits per heavy atom. The Hall–Kier alpha value is -0.600. The third-order valence-electron chi connectivity index (χ3n) is 8.81. The van der Waals surface area contributed by atoms with E-state index >= 15 is 0 Å². The molecule has 2 saturated carbocycles. The summed E-state index contributed by atoms with van der Waals surface area (Å²) in [5.74, 6) is 0.816. The maximum absolute atomic E-state index is 13.3. The Kier molecular flexibility index (Phi) is 7.09. The standard InChI is InChI=1S/C24H42N4O2S/c1-6-9-25-23-26-20-16(3)19-21(29)17(7-8-24(19,4)14-18(20)31-23)15(2)22(30)28-12-10-27(5)11-13-28/h6,15-21,23,25-26,29H,1,7-14H2,2-5H3. The molecule has 6 nitrogen and oxygen atoms in total. The summed E-state index contributed by atoms with van der Waals surface area (Å²) in [7, 11) is 2.11. The van der Waals surface area contributed by atoms with Gasteiger partial charge in [-0.05, 0) is 49.5 Å². The quantitative estimate of drug-likeness (QED) is 0.557. The van der Waals surface area contributed by atoms with Gasteiger partial charge in [0.1, 0.15) is 5.50 Å². The molecule has 2 aliphatic heterocycles. The van der Waals surface area contributed by atoms with Crippen LogP contribution in [0.15, 0.2) is 12.7 Å². The van der Waals surface area contributed by atoms with E-state index in [0.717, 1.165) is 52.0 Å². The van der Waals surface area contributed by atoms with Crippen LogP contribution in [0, 0.1) is 29.1 Å². The average molecular weight is 451 g/mol. The van der Waals surface area contributed by atoms with Crippen molar-refractivity contribution in [2.24, 2.45) is 29.1 Å². The number of likely N-dealkylation sites (N-methyl/N-ethyl adjacent to an activating group) is 1. The maximum atomic E-state index is 13.3. The molecular formula is C24H42N4O2S. The molecule has 9 unspecified atom stereocenters. The van der Waals surface area contributed by atoms with E-state index in [-0.39, 0.29) is 34.6 Å². The second-order valence-electron chi connectivity index (χ2n) is 10.8. The first kappa shape index (κ1) is 23.6. The minimum absolute atomic E-state index is 0.0629. The number of nitrogens with one attached hydrogen (secondary N) is 2. The number of hydrogen-bond acceptors (Lipinski definition) is 6. The van der Waals surface area contributed by atoms with Crippen LogP contribution in [0.3, 0.4) is 0 Å². The van der Waals surface area contributed by atoms with Crippen LogP contribution in [0.4, 0.5) is 0 Å². The van der Waals surface area contributed by atoms with Gasteiger partial charge in [-0.25, -0.2) is 0 Å². The molecule has 9 atom stereocenters. The second-order valence-corrected chi connectivity index (χ2v) is 12.1. The fraction of sp³-hybridized carbons (Fsp3) is 0.875. The van der Waals surface area contributed by atoms with Gasteiger partial charge >= 0.3 is 0 Å². The number of hydrogen-bond donors (Lipinski definition) is 3. The van der Waals surface area contributed by atoms with Gasteiger partial charge in [0.2, 0.25) is 5.91 Å². The van der Waals surface area contributed by atoms with Crippen LogP contribution < -0.4 is 10.6 Å². The van der Waals surface area contributed by atoms with Crippen molar-refractivity contribution in [1.29, 1.82) is 0 Å². The number of amides is 1. The highest BCUT2D eigenvalue weighted by molar-refractivity contribution is 8.00. The van der Waals surface area contributed by atoms with E-state index in [4.69, 9.17) is 0 Å². The summed E-state index contributed by atoms with van der Waals surface area (Å²) in [5, 5.41) is 19.5. The molecule has 31 heavy (non-hydrogen) atoms. The minimum atomic E-state index is -0.409. The summed E-state index contributed by atoms with van der Waals surface area (Å²) in [5.41, 5.74) is 0.402. The molecule has 0 spiro atoms. The van der Waals surface area contributed by atoms with Gasteiger partial charge in [0.15, 0.2) is 0 Å². The number of aliphatic hydroxyl groups excluding tert-OH is 1. The van der Waals surface area contributed by atoms with E-state index < -0.39 is 6.10 Å². The van der Waals surface area contributed by atoms with Crippen LogP contribution in [-0.4, -0.2) is 83.5 Å². The summed E-state index contributed by atoms with van der Waals surface area (Å²) >= 11 is 2.01. The van der Waals surface area contributed by atoms with Gasteiger partial charge < -0.3 is 14.9 Å². The summed E-state index contributed by atoms with van der Waals surface area (Å²) in [6.45, 7) is 14.9. The molecule has 0 aromatic rings. The highest BCUT2D eigenvalue weighted by Crippen LogP contribution is 2.58. The summed E-state index contributed by atoms with van der Waals surface area (Å²) in [4.78, 5) is 17.6. The van der Waals surface area contributed by atoms with Gasteiger partial charge in [0.05, 0.1) is 6.10 Å². The molecule has 2 heterocycles. The van der Waals surface area contributed by atoms with E-state index in [1.807, 2.05) is 22.7 Å². The van der Waals surface area contributed by atoms with E-state index in [0.29, 0.717) is 17.2 Å². The zero-order valence-electron chi connectivity index (χ0n) is 19.7. The summed E-state index contributed by atoms with van der Waals surface area (Å²) < 4.78 is 0. The Balaban J connectivity index is 1.45. The molecule has 4 rings (SSSR count). The molecule has 0 aromatic carbocycles. The molecule has 0 radical (unpaired) electrons. The smallest absolute Gasteiger partial charge is 0.225 e. The van der Waals surface area contributed by atoms with Crippen LogP contribution in [0.5, 0.6) is 0 Å². The van der Waals surface area contributed by atoms with Gasteiger partial charge in [-0.15, -0.1) is 18.3 Å². The fourth-order valence-electron chi connectivity index (χ4n) is 6.97. The molecule has 1 amide bonds. The number of fused-ring (bicyclic) bond motifs is 2. The lowest BCUT2D eigenvalue weighted by Gasteiger charge is -2.57. The zero-order valence-corrected chi connectivity index (χ0v) is 20.5. The molecule has 3 N–H and O–H groups in total. The van der Waals surface area contributed by atoms with Crippen molar-refractivity contribution in [1.82, 2.24) is 20.4 Å². The van der Waals surface area contributed by atoms with E-state index in [1.165, 1.54) is 0 Å². The largest absolute Gasteiger partial charge is 0.392 e. The van der Waals surface area contributed by atoms with Crippen LogP contribution in [0.25, 0.3) is 0 Å². The normalized spacial score (nSPS) is 44.4. The lowest BCUT2D eigenvalue weighted by molar-refractivity contribution is -0.150. The number of aliphatic hydroxyl groups is 1. The van der Waals surface area contributed by atoms with Crippen molar-refractivity contribution in [3.63, 3.8) is 0 Å². The molecule has 0 aromatic heterocycles. The first-order valence-corrected chi connectivity index (χ1v) is 13.1. The van der Waals surface area contributed by atoms with E-state index in [1.54, 1.807) is 0 Å². The average Bonchev–Trinajstić information content (AvgIpc) is 3.14. The van der Waals surface area contributed by atoms with Crippen molar-refractivity contribution >= 4 is 17.7 Å². The number of rotatable bonds is 5. The van der Waals surface area contributed by atoms with Crippen molar-refractivity contribution in [3.8, 4) is 0 Å². The van der Waals surface area contributed by atoms with Gasteiger partial charge in [-0.1, -0.05) is 26.8 Å². The predicted octanol–water partition coefficient (Wildman–Crippen LogP) is 1.96. The molecule has 4 aliphatic rings. The summed E-state index contributed by atoms with van der Waals surface area (Å²) in [6.07, 6.45) is 4.70. The Morgan fingerprint density at radius 3 is 2.77 bits per heavy atom. The molecule has 2 aliphatic carbocycles. The lowest BCUT2D eigenvalue weighted by atomic mass is 9.51. The molecule has 7 heteroatoms. The van der Waals surface area contributed by atoms with Crippen molar-refractivity contribution in [2.45, 2.75) is 62.9 Å². The number of carbonyl (C=O) groups excluding carboxylic acids is 1. The molecule has 2 saturated heterocycles. The van der Waals surface area contributed by atoms with Crippen LogP contribution >= 0.6 is 11.8 Å². The SMILES string of the molecule is C=CCNC1NC2C(CC3(C)CCC(C(C)C(=O)N4CCN(C)CC4)C(O)C3C2C)S1. The van der Waals surface area contributed by atoms with E-state index in [9.17, 15) is 9.90 Å². The molecular weight excluding hydrogens is 408 g/mol. The Labute approximate surface area is 192 Å². The number of piperazine rings is 1. The second kappa shape index (κ2) is 9.34. The van der Waals surface area contributed by atoms with Crippen LogP contribution in [0.1, 0.15) is 40.0 Å². The van der Waals surface area contributed by atoms with E-state index in [2.05, 4.69) is 49.9 Å². The summed E-state index contributed by atoms with van der Waals surface area (Å²) in [6, 6.07) is 0.405. The topological polar surface area (TPSA) is 67.8 Å². The molecule has 176 valence electrons.